The Balaban J connectivity index is 0.000000187. The number of aromatic amines is 2. The van der Waals surface area contributed by atoms with Crippen molar-refractivity contribution in [3.8, 4) is 34.5 Å². The summed E-state index contributed by atoms with van der Waals surface area (Å²) in [6, 6.07) is 22.3. The predicted molar refractivity (Wildman–Crippen MR) is 482 cm³/mol. The number of hydrogen-bond acceptors (Lipinski definition) is 29. The molecule has 2 saturated carbocycles. The van der Waals surface area contributed by atoms with Gasteiger partial charge in [0.1, 0.15) is 20.7 Å². The molecular formula is C70H91B4Br3N11O12S11Si. The topological polar surface area (TPSA) is 303 Å². The van der Waals surface area contributed by atoms with Crippen LogP contribution in [0, 0.1) is 23.8 Å². The van der Waals surface area contributed by atoms with Gasteiger partial charge in [0.2, 0.25) is 0 Å². The van der Waals surface area contributed by atoms with Crippen molar-refractivity contribution < 1.29 is 53.2 Å². The molecule has 5 fully saturated rings. The van der Waals surface area contributed by atoms with Gasteiger partial charge in [-0.25, -0.2) is 45.2 Å². The van der Waals surface area contributed by atoms with Crippen molar-refractivity contribution in [1.82, 2.24) is 40.3 Å². The van der Waals surface area contributed by atoms with Gasteiger partial charge < -0.3 is 38.6 Å². The Hall–Kier alpha value is -3.82. The van der Waals surface area contributed by atoms with Crippen LogP contribution < -0.4 is 15.4 Å². The molecule has 5 aliphatic rings. The Morgan fingerprint density at radius 3 is 1.39 bits per heavy atom. The van der Waals surface area contributed by atoms with Crippen LogP contribution in [-0.4, -0.2) is 167 Å². The van der Waals surface area contributed by atoms with Crippen LogP contribution in [0.2, 0.25) is 19.6 Å². The number of halogens is 3. The van der Waals surface area contributed by atoms with Gasteiger partial charge in [-0.05, 0) is 223 Å². The second-order valence-electron chi connectivity index (χ2n) is 29.7. The van der Waals surface area contributed by atoms with Gasteiger partial charge >= 0.3 is 45.9 Å². The van der Waals surface area contributed by atoms with E-state index in [2.05, 4.69) is 203 Å². The molecule has 12 heterocycles. The van der Waals surface area contributed by atoms with Crippen LogP contribution in [0.1, 0.15) is 143 Å². The number of hydrogen-bond donors (Lipinski definition) is 5. The van der Waals surface area contributed by atoms with Gasteiger partial charge in [0.25, 0.3) is 0 Å². The number of thiol groups is 1. The summed E-state index contributed by atoms with van der Waals surface area (Å²) >= 11 is 23.7. The Labute approximate surface area is 722 Å². The first-order valence-electron chi connectivity index (χ1n) is 34.5. The molecule has 9 aromatic rings. The Bertz CT molecular complexity index is 5040. The number of aromatic nitrogens is 8. The number of rotatable bonds is 14. The van der Waals surface area contributed by atoms with Crippen LogP contribution in [0.3, 0.4) is 0 Å². The van der Waals surface area contributed by atoms with Gasteiger partial charge in [0.05, 0.1) is 65.6 Å². The normalized spacial score (nSPS) is 17.3. The fourth-order valence-electron chi connectivity index (χ4n) is 9.30. The van der Waals surface area contributed by atoms with E-state index in [9.17, 15) is 25.3 Å². The molecule has 601 valence electrons. The van der Waals surface area contributed by atoms with E-state index in [-0.39, 0.29) is 26.6 Å². The zero-order valence-electron chi connectivity index (χ0n) is 65.7. The van der Waals surface area contributed by atoms with Crippen molar-refractivity contribution in [2.75, 3.05) is 41.9 Å². The number of sulfone groups is 3. The second kappa shape index (κ2) is 39.8. The number of H-pyrrole nitrogens is 2. The van der Waals surface area contributed by atoms with Gasteiger partial charge in [-0.1, -0.05) is 43.6 Å². The number of thiophene rings is 5. The predicted octanol–water partition coefficient (Wildman–Crippen LogP) is 18.2. The minimum atomic E-state index is -3.26. The zero-order valence-corrected chi connectivity index (χ0v) is 80.5. The van der Waals surface area contributed by atoms with E-state index in [0.717, 1.165) is 37.0 Å². The van der Waals surface area contributed by atoms with E-state index in [1.54, 1.807) is 95.0 Å². The van der Waals surface area contributed by atoms with E-state index < -0.39 is 69.9 Å². The molecule has 0 bridgehead atoms. The molecule has 9 aromatic heterocycles. The van der Waals surface area contributed by atoms with Gasteiger partial charge in [0, 0.05) is 71.3 Å². The van der Waals surface area contributed by atoms with Crippen molar-refractivity contribution in [2.24, 2.45) is 4.30 Å². The molecule has 4 N–H and O–H groups in total. The van der Waals surface area contributed by atoms with E-state index in [0.29, 0.717) is 58.7 Å². The molecule has 0 amide bonds. The third-order valence-electron chi connectivity index (χ3n) is 17.7. The summed E-state index contributed by atoms with van der Waals surface area (Å²) in [5.41, 5.74) is 4.66. The fraction of sp³-hybridized carbons (Fsp3) is 0.457. The first-order valence-corrected chi connectivity index (χ1v) is 53.1. The Kier molecular flexibility index (Phi) is 33.9. The molecule has 3 saturated heterocycles. The summed E-state index contributed by atoms with van der Waals surface area (Å²) in [4.78, 5) is 17.9. The summed E-state index contributed by atoms with van der Waals surface area (Å²) in [5.74, 6) is 9.91. The first-order chi connectivity index (χ1) is 51.9. The van der Waals surface area contributed by atoms with Crippen LogP contribution in [0.5, 0.6) is 0 Å². The van der Waals surface area contributed by atoms with Gasteiger partial charge in [-0.15, -0.1) is 92.2 Å². The first kappa shape index (κ1) is 95.3. The number of nitrogens with one attached hydrogen (secondary N) is 4. The van der Waals surface area contributed by atoms with Crippen molar-refractivity contribution in [3.63, 3.8) is 0 Å². The standard InChI is InChI=1S/C17H15N5O2S2.C15H18BrN5Si.C12H24B2O4.C11H17BO4S2.C5H5BrO2S2.C5H5BrS2.C5H6S2.BHNS/c1-3-10-9-18-17(13-6-7-15(25-13)26(2,23)24)20-16(10)19-14-8-12(21-22-14)11-4-5-11;1-22(2,3)7-6-11-9-17-15(16)19-14(11)18-13-8-12(20-21-13)10-4-5-10;1-9(2)10(3,4)16-13(15-9)14-17-11(5,6)12(7,8)18-14;1-10(2)11(3,4)16-12(15-10)8-6-7-9(17-8)18(5,13)14;1-10(7,8)5-3-2-4(6)9-5;1-7-5-3-2-4(6)8-5;1-6-5-3-2-4-7-5;1-2-3/h1,6-9,11H,4-5H2,2H3,(H2,18,19,20,21,22);8-10H,4-5H2,1-3H3,(H2,17,18,19,20,21);1-8H3;6-7H,1-5H3;2-3H,1H3;2-3H,1H3;2-4H,1H3;3H. The quantitative estimate of drug-likeness (QED) is 0.0222. The Morgan fingerprint density at radius 2 is 1.03 bits per heavy atom. The third-order valence-corrected chi connectivity index (χ3v) is 33.0. The number of nitrogens with zero attached hydrogens (tertiary/aromatic N) is 7. The molecule has 0 atom stereocenters. The van der Waals surface area contributed by atoms with Gasteiger partial charge in [-0.2, -0.15) is 10.2 Å². The molecule has 112 heavy (non-hydrogen) atoms. The summed E-state index contributed by atoms with van der Waals surface area (Å²) in [6.45, 7) is 30.7. The summed E-state index contributed by atoms with van der Waals surface area (Å²) in [5, 5.41) is 23.1. The Morgan fingerprint density at radius 1 is 0.598 bits per heavy atom. The molecule has 23 nitrogen and oxygen atoms in total. The average Bonchev–Trinajstić information content (AvgIpc) is 1.60. The van der Waals surface area contributed by atoms with Crippen molar-refractivity contribution in [2.45, 2.75) is 195 Å². The summed E-state index contributed by atoms with van der Waals surface area (Å²) in [6.07, 6.45) is 21.4. The average molecular weight is 1940 g/mol. The van der Waals surface area contributed by atoms with Crippen LogP contribution in [0.4, 0.5) is 23.3 Å². The van der Waals surface area contributed by atoms with Crippen molar-refractivity contribution >= 4 is 235 Å². The SMILES string of the molecule is C#Cc1cnc(-c2ccc(S(C)(=O)=O)s2)nc1Nc1cc(C2CC2)[nH]n1.CC1(C)OB(B2OC(C)(C)C(C)(C)O2)OC1(C)C.CC1(C)OB(c2ccc(S(C)(=O)=O)s2)OC1(C)C.CS(=O)(=O)c1ccc(Br)s1.CSc1ccc(Br)s1.CSc1cccs1.C[Si](C)(C)C#Cc1cnc(Br)nc1Nc1cc(C2CC2)[nH]n1.[B]=NS. The molecule has 1 radical (unpaired) electrons. The fourth-order valence-corrected chi connectivity index (χ4v) is 20.0. The molecule has 0 aromatic carbocycles. The summed E-state index contributed by atoms with van der Waals surface area (Å²) < 4.78 is 113. The monoisotopic (exact) mass is 1940 g/mol. The molecule has 42 heteroatoms. The maximum atomic E-state index is 11.7. The molecule has 3 aliphatic heterocycles. The van der Waals surface area contributed by atoms with E-state index in [4.69, 9.17) is 34.3 Å². The number of terminal acetylenes is 1. The molecule has 0 unspecified atom stereocenters. The minimum absolute atomic E-state index is 0.271. The van der Waals surface area contributed by atoms with Crippen molar-refractivity contribution in [1.29, 1.82) is 0 Å². The van der Waals surface area contributed by atoms with E-state index in [1.165, 1.54) is 85.0 Å². The van der Waals surface area contributed by atoms with Gasteiger partial charge in [0.15, 0.2) is 63.3 Å². The van der Waals surface area contributed by atoms with Crippen molar-refractivity contribution in [3.05, 3.63) is 125 Å². The van der Waals surface area contributed by atoms with Crippen LogP contribution in [0.15, 0.2) is 128 Å². The number of anilines is 4. The third kappa shape index (κ3) is 28.2. The summed E-state index contributed by atoms with van der Waals surface area (Å²) in [7, 11) is -7.97. The van der Waals surface area contributed by atoms with E-state index in [1.807, 2.05) is 95.2 Å². The van der Waals surface area contributed by atoms with E-state index >= 15 is 0 Å². The molecule has 2 aliphatic carbocycles. The van der Waals surface area contributed by atoms with Crippen LogP contribution >= 0.6 is 141 Å². The zero-order chi connectivity index (χ0) is 83.4. The molecule has 14 rings (SSSR count). The van der Waals surface area contributed by atoms with Gasteiger partial charge in [-0.3, -0.25) is 10.2 Å². The molecular weight excluding hydrogens is 1850 g/mol. The number of thioether (sulfide) groups is 2. The second-order valence-corrected chi connectivity index (χ2v) is 52.4. The maximum absolute atomic E-state index is 11.7. The van der Waals surface area contributed by atoms with Crippen LogP contribution in [0.25, 0.3) is 10.7 Å². The molecule has 0 spiro atoms. The van der Waals surface area contributed by atoms with Crippen LogP contribution in [-0.2, 0) is 57.4 Å².